The molecule has 0 spiro atoms. The van der Waals surface area contributed by atoms with Gasteiger partial charge in [-0.15, -0.1) is 0 Å². The summed E-state index contributed by atoms with van der Waals surface area (Å²) in [5, 5.41) is 3.36. The minimum absolute atomic E-state index is 0.0306. The molecule has 0 heterocycles. The summed E-state index contributed by atoms with van der Waals surface area (Å²) in [6, 6.07) is 16.7. The van der Waals surface area contributed by atoms with Crippen molar-refractivity contribution < 1.29 is 22.7 Å². The van der Waals surface area contributed by atoms with Crippen LogP contribution in [0.2, 0.25) is 10.0 Å². The summed E-state index contributed by atoms with van der Waals surface area (Å²) >= 11 is 12.3. The van der Waals surface area contributed by atoms with Crippen LogP contribution in [0.25, 0.3) is 0 Å². The van der Waals surface area contributed by atoms with E-state index < -0.39 is 10.0 Å². The molecule has 3 aromatic rings. The van der Waals surface area contributed by atoms with Crippen molar-refractivity contribution in [2.75, 3.05) is 24.8 Å². The van der Waals surface area contributed by atoms with Crippen LogP contribution in [0.1, 0.15) is 34.5 Å². The first-order chi connectivity index (χ1) is 16.5. The van der Waals surface area contributed by atoms with E-state index in [2.05, 4.69) is 5.32 Å². The van der Waals surface area contributed by atoms with Gasteiger partial charge in [-0.2, -0.15) is 0 Å². The third-order valence-corrected chi connectivity index (χ3v) is 7.33. The summed E-state index contributed by atoms with van der Waals surface area (Å²) in [5.74, 6) is 0.912. The van der Waals surface area contributed by atoms with Crippen molar-refractivity contribution in [3.8, 4) is 11.5 Å². The van der Waals surface area contributed by atoms with Crippen molar-refractivity contribution >= 4 is 44.8 Å². The molecule has 0 unspecified atom stereocenters. The summed E-state index contributed by atoms with van der Waals surface area (Å²) in [5.41, 5.74) is 2.26. The average molecular weight is 537 g/mol. The van der Waals surface area contributed by atoms with E-state index in [0.29, 0.717) is 22.6 Å². The zero-order valence-electron chi connectivity index (χ0n) is 19.7. The molecular formula is C25H26Cl2N2O5S. The van der Waals surface area contributed by atoms with E-state index in [0.717, 1.165) is 11.8 Å². The van der Waals surface area contributed by atoms with Gasteiger partial charge in [-0.05, 0) is 54.4 Å². The maximum atomic E-state index is 12.8. The SMILES string of the molecule is COc1ccc([C@H](C)NC(=O)c2ccc(CN(c3cccc(Cl)c3Cl)S(C)(=O)=O)cc2)cc1OC. The standard InChI is InChI=1S/C25H26Cl2N2O5S/c1-16(19-12-13-22(33-2)23(14-19)34-3)28-25(30)18-10-8-17(9-11-18)15-29(35(4,31)32)21-7-5-6-20(26)24(21)27/h5-14,16H,15H2,1-4H3,(H,28,30)/t16-/m0/s1. The molecule has 0 aliphatic heterocycles. The quantitative estimate of drug-likeness (QED) is 0.392. The van der Waals surface area contributed by atoms with Gasteiger partial charge >= 0.3 is 0 Å². The summed E-state index contributed by atoms with van der Waals surface area (Å²) < 4.78 is 36.7. The number of nitrogens with zero attached hydrogens (tertiary/aromatic N) is 1. The normalized spacial score (nSPS) is 12.1. The number of hydrogen-bond donors (Lipinski definition) is 1. The molecule has 0 aromatic heterocycles. The molecule has 186 valence electrons. The van der Waals surface area contributed by atoms with Gasteiger partial charge in [0, 0.05) is 5.56 Å². The second-order valence-electron chi connectivity index (χ2n) is 7.85. The Kier molecular flexibility index (Phi) is 8.53. The molecule has 35 heavy (non-hydrogen) atoms. The molecule has 0 aliphatic carbocycles. The Morgan fingerprint density at radius 1 is 1.00 bits per heavy atom. The van der Waals surface area contributed by atoms with E-state index in [1.54, 1.807) is 62.8 Å². The second kappa shape index (κ2) is 11.2. The van der Waals surface area contributed by atoms with E-state index >= 15 is 0 Å². The van der Waals surface area contributed by atoms with Gasteiger partial charge in [-0.25, -0.2) is 8.42 Å². The van der Waals surface area contributed by atoms with Crippen molar-refractivity contribution in [2.45, 2.75) is 19.5 Å². The Morgan fingerprint density at radius 3 is 2.26 bits per heavy atom. The average Bonchev–Trinajstić information content (AvgIpc) is 2.83. The Hall–Kier alpha value is -2.94. The van der Waals surface area contributed by atoms with Gasteiger partial charge in [-0.3, -0.25) is 9.10 Å². The van der Waals surface area contributed by atoms with Crippen LogP contribution >= 0.6 is 23.2 Å². The fourth-order valence-electron chi connectivity index (χ4n) is 3.48. The molecule has 7 nitrogen and oxygen atoms in total. The number of rotatable bonds is 9. The van der Waals surface area contributed by atoms with Crippen molar-refractivity contribution in [1.29, 1.82) is 0 Å². The van der Waals surface area contributed by atoms with Crippen LogP contribution in [0.4, 0.5) is 5.69 Å². The third-order valence-electron chi connectivity index (χ3n) is 5.40. The van der Waals surface area contributed by atoms with Gasteiger partial charge in [-0.1, -0.05) is 47.5 Å². The molecular weight excluding hydrogens is 511 g/mol. The predicted molar refractivity (Wildman–Crippen MR) is 139 cm³/mol. The third kappa shape index (κ3) is 6.39. The van der Waals surface area contributed by atoms with Crippen LogP contribution in [0.3, 0.4) is 0 Å². The first-order valence-electron chi connectivity index (χ1n) is 10.6. The molecule has 0 aliphatic rings. The minimum atomic E-state index is -3.65. The number of anilines is 1. The van der Waals surface area contributed by atoms with E-state index in [9.17, 15) is 13.2 Å². The number of halogens is 2. The first kappa shape index (κ1) is 26.7. The van der Waals surface area contributed by atoms with Crippen LogP contribution in [-0.2, 0) is 16.6 Å². The highest BCUT2D eigenvalue weighted by molar-refractivity contribution is 7.92. The molecule has 1 amide bonds. The monoisotopic (exact) mass is 536 g/mol. The van der Waals surface area contributed by atoms with Gasteiger partial charge in [0.15, 0.2) is 11.5 Å². The van der Waals surface area contributed by atoms with Crippen LogP contribution in [0.15, 0.2) is 60.7 Å². The van der Waals surface area contributed by atoms with Gasteiger partial charge < -0.3 is 14.8 Å². The van der Waals surface area contributed by atoms with Crippen LogP contribution in [-0.4, -0.2) is 34.8 Å². The number of methoxy groups -OCH3 is 2. The lowest BCUT2D eigenvalue weighted by molar-refractivity contribution is 0.0940. The highest BCUT2D eigenvalue weighted by Gasteiger charge is 2.22. The number of hydrogen-bond acceptors (Lipinski definition) is 5. The number of carbonyl (C=O) groups excluding carboxylic acids is 1. The van der Waals surface area contributed by atoms with Crippen LogP contribution < -0.4 is 19.1 Å². The van der Waals surface area contributed by atoms with E-state index in [1.807, 2.05) is 19.1 Å². The van der Waals surface area contributed by atoms with Gasteiger partial charge in [0.25, 0.3) is 5.91 Å². The number of carbonyl (C=O) groups is 1. The summed E-state index contributed by atoms with van der Waals surface area (Å²) in [6.07, 6.45) is 1.10. The first-order valence-corrected chi connectivity index (χ1v) is 13.2. The molecule has 1 atom stereocenters. The molecule has 0 bridgehead atoms. The Morgan fingerprint density at radius 2 is 1.66 bits per heavy atom. The van der Waals surface area contributed by atoms with Crippen molar-refractivity contribution in [2.24, 2.45) is 0 Å². The van der Waals surface area contributed by atoms with E-state index in [-0.39, 0.29) is 34.2 Å². The summed E-state index contributed by atoms with van der Waals surface area (Å²) in [6.45, 7) is 1.90. The Labute approximate surface area is 215 Å². The zero-order chi connectivity index (χ0) is 25.8. The zero-order valence-corrected chi connectivity index (χ0v) is 22.0. The maximum absolute atomic E-state index is 12.8. The predicted octanol–water partition coefficient (Wildman–Crippen LogP) is 5.47. The molecule has 3 rings (SSSR count). The lowest BCUT2D eigenvalue weighted by Gasteiger charge is -2.24. The number of sulfonamides is 1. The summed E-state index contributed by atoms with van der Waals surface area (Å²) in [4.78, 5) is 12.8. The molecule has 1 N–H and O–H groups in total. The van der Waals surface area contributed by atoms with Crippen molar-refractivity contribution in [1.82, 2.24) is 5.32 Å². The Bertz CT molecular complexity index is 1310. The van der Waals surface area contributed by atoms with Gasteiger partial charge in [0.1, 0.15) is 0 Å². The van der Waals surface area contributed by atoms with Crippen molar-refractivity contribution in [3.05, 3.63) is 87.4 Å². The van der Waals surface area contributed by atoms with Crippen molar-refractivity contribution in [3.63, 3.8) is 0 Å². The largest absolute Gasteiger partial charge is 0.493 e. The topological polar surface area (TPSA) is 84.9 Å². The summed E-state index contributed by atoms with van der Waals surface area (Å²) in [7, 11) is -0.534. The number of amides is 1. The fourth-order valence-corrected chi connectivity index (χ4v) is 4.82. The molecule has 0 radical (unpaired) electrons. The molecule has 3 aromatic carbocycles. The number of benzene rings is 3. The lowest BCUT2D eigenvalue weighted by atomic mass is 10.1. The van der Waals surface area contributed by atoms with E-state index in [1.165, 1.54) is 4.31 Å². The molecule has 10 heteroatoms. The van der Waals surface area contributed by atoms with Crippen LogP contribution in [0, 0.1) is 0 Å². The van der Waals surface area contributed by atoms with Gasteiger partial charge in [0.2, 0.25) is 10.0 Å². The number of ether oxygens (including phenoxy) is 2. The highest BCUT2D eigenvalue weighted by Crippen LogP contribution is 2.34. The Balaban J connectivity index is 1.75. The second-order valence-corrected chi connectivity index (χ2v) is 10.5. The van der Waals surface area contributed by atoms with E-state index in [4.69, 9.17) is 32.7 Å². The molecule has 0 saturated carbocycles. The maximum Gasteiger partial charge on any atom is 0.251 e. The molecule has 0 saturated heterocycles. The van der Waals surface area contributed by atoms with Gasteiger partial charge in [0.05, 0.1) is 48.8 Å². The molecule has 0 fully saturated rings. The highest BCUT2D eigenvalue weighted by atomic mass is 35.5. The minimum Gasteiger partial charge on any atom is -0.493 e. The fraction of sp³-hybridized carbons (Fsp3) is 0.240. The smallest absolute Gasteiger partial charge is 0.251 e. The number of nitrogens with one attached hydrogen (secondary N) is 1. The lowest BCUT2D eigenvalue weighted by Crippen LogP contribution is -2.29. The van der Waals surface area contributed by atoms with Crippen LogP contribution in [0.5, 0.6) is 11.5 Å².